The second-order valence-corrected chi connectivity index (χ2v) is 9.03. The molecule has 0 bridgehead atoms. The van der Waals surface area contributed by atoms with E-state index in [0.717, 1.165) is 52.6 Å². The van der Waals surface area contributed by atoms with Crippen LogP contribution < -0.4 is 5.73 Å². The lowest BCUT2D eigenvalue weighted by Gasteiger charge is -2.34. The second kappa shape index (κ2) is 11.8. The lowest BCUT2D eigenvalue weighted by Crippen LogP contribution is -2.45. The highest BCUT2D eigenvalue weighted by Crippen LogP contribution is 2.31. The highest BCUT2D eigenvalue weighted by atomic mass is 16.5. The molecule has 1 amide bonds. The molecule has 1 aromatic heterocycles. The summed E-state index contributed by atoms with van der Waals surface area (Å²) in [5, 5.41) is 9.61. The summed E-state index contributed by atoms with van der Waals surface area (Å²) in [5.41, 5.74) is 11.2. The van der Waals surface area contributed by atoms with E-state index in [4.69, 9.17) is 15.9 Å². The number of aromatic nitrogens is 1. The van der Waals surface area contributed by atoms with Crippen LogP contribution in [0.1, 0.15) is 53.9 Å². The number of amides is 1. The predicted molar refractivity (Wildman–Crippen MR) is 148 cm³/mol. The van der Waals surface area contributed by atoms with Crippen molar-refractivity contribution in [2.24, 2.45) is 0 Å². The first-order valence-electron chi connectivity index (χ1n) is 12.5. The number of rotatable bonds is 8. The highest BCUT2D eigenvalue weighted by molar-refractivity contribution is 6.09. The van der Waals surface area contributed by atoms with Crippen LogP contribution in [-0.2, 0) is 11.2 Å². The highest BCUT2D eigenvalue weighted by Gasteiger charge is 2.27. The number of nitrogen functional groups attached to an aromatic ring is 1. The Morgan fingerprint density at radius 1 is 1.25 bits per heavy atom. The van der Waals surface area contributed by atoms with E-state index < -0.39 is 0 Å². The smallest absolute Gasteiger partial charge is 0.256 e. The lowest BCUT2D eigenvalue weighted by molar-refractivity contribution is 0.0184. The Morgan fingerprint density at radius 2 is 2.06 bits per heavy atom. The normalized spacial score (nSPS) is 16.4. The van der Waals surface area contributed by atoms with E-state index in [0.29, 0.717) is 30.8 Å². The zero-order valence-electron chi connectivity index (χ0n) is 21.0. The molecule has 0 radical (unpaired) electrons. The third kappa shape index (κ3) is 5.39. The van der Waals surface area contributed by atoms with Gasteiger partial charge in [-0.3, -0.25) is 9.78 Å². The lowest BCUT2D eigenvalue weighted by atomic mass is 9.93. The molecule has 36 heavy (non-hydrogen) atoms. The number of hydrogen-bond donors (Lipinski definition) is 2. The Bertz CT molecular complexity index is 1290. The summed E-state index contributed by atoms with van der Waals surface area (Å²) < 4.78 is 5.66. The predicted octanol–water partition coefficient (Wildman–Crippen LogP) is 5.66. The molecule has 1 fully saturated rings. The summed E-state index contributed by atoms with van der Waals surface area (Å²) in [6, 6.07) is 14.0. The minimum atomic E-state index is -0.0456. The van der Waals surface area contributed by atoms with Crippen molar-refractivity contribution in [2.45, 2.75) is 39.2 Å². The number of fused-ring (bicyclic) bond motifs is 1. The van der Waals surface area contributed by atoms with Crippen LogP contribution in [0.15, 0.2) is 66.9 Å². The molecule has 0 spiro atoms. The summed E-state index contributed by atoms with van der Waals surface area (Å²) in [6.45, 7) is 5.87. The molecule has 1 atom stereocenters. The molecule has 1 aliphatic rings. The van der Waals surface area contributed by atoms with Crippen molar-refractivity contribution in [1.82, 2.24) is 9.88 Å². The number of hydrogen-bond acceptors (Lipinski definition) is 5. The van der Waals surface area contributed by atoms with Crippen LogP contribution in [0.4, 0.5) is 5.69 Å². The van der Waals surface area contributed by atoms with Gasteiger partial charge in [0.1, 0.15) is 0 Å². The number of allylic oxidation sites excluding steroid dienone is 4. The van der Waals surface area contributed by atoms with Crippen LogP contribution in [0.25, 0.3) is 16.3 Å². The van der Waals surface area contributed by atoms with Gasteiger partial charge in [-0.05, 0) is 61.8 Å². The maximum Gasteiger partial charge on any atom is 0.256 e. The summed E-state index contributed by atoms with van der Waals surface area (Å²) in [5.74, 6) is -0.0456. The zero-order valence-corrected chi connectivity index (χ0v) is 21.0. The molecule has 186 valence electrons. The number of anilines is 1. The number of pyridine rings is 1. The average molecular weight is 483 g/mol. The van der Waals surface area contributed by atoms with Gasteiger partial charge >= 0.3 is 0 Å². The average Bonchev–Trinajstić information content (AvgIpc) is 2.92. The summed E-state index contributed by atoms with van der Waals surface area (Å²) in [6.07, 6.45) is 11.4. The van der Waals surface area contributed by atoms with E-state index in [1.807, 2.05) is 79.6 Å². The topological polar surface area (TPSA) is 92.3 Å². The van der Waals surface area contributed by atoms with E-state index in [2.05, 4.69) is 11.1 Å². The maximum absolute atomic E-state index is 13.7. The standard InChI is InChI=1S/C30H34N4O2/c1-3-5-9-22(18-31)28-14-13-21(19-33-28)16-23-17-27(29(32)26-12-7-6-11-25(23)26)30(35)34(4-2)24-10-8-15-36-20-24/h3,5-7,9,11-14,17-19,24,31H,4,8,10,15-16,20,32H2,1-2H3/b5-3+,22-9+,31-18?. The Labute approximate surface area is 213 Å². The molecule has 0 aliphatic carbocycles. The van der Waals surface area contributed by atoms with Crippen molar-refractivity contribution in [3.63, 3.8) is 0 Å². The fourth-order valence-corrected chi connectivity index (χ4v) is 4.81. The Morgan fingerprint density at radius 3 is 2.69 bits per heavy atom. The molecule has 2 heterocycles. The third-order valence-corrected chi connectivity index (χ3v) is 6.72. The largest absolute Gasteiger partial charge is 0.398 e. The first-order chi connectivity index (χ1) is 17.6. The van der Waals surface area contributed by atoms with Gasteiger partial charge in [0.25, 0.3) is 5.91 Å². The molecule has 1 unspecified atom stereocenters. The molecular weight excluding hydrogens is 448 g/mol. The Balaban J connectivity index is 1.70. The Kier molecular flexibility index (Phi) is 8.28. The second-order valence-electron chi connectivity index (χ2n) is 9.03. The number of carbonyl (C=O) groups excluding carboxylic acids is 1. The van der Waals surface area contributed by atoms with Crippen LogP contribution >= 0.6 is 0 Å². The summed E-state index contributed by atoms with van der Waals surface area (Å²) in [7, 11) is 0. The minimum absolute atomic E-state index is 0.0456. The van der Waals surface area contributed by atoms with Crippen LogP contribution in [-0.4, -0.2) is 47.8 Å². The molecule has 6 heteroatoms. The van der Waals surface area contributed by atoms with Crippen LogP contribution in [0.5, 0.6) is 0 Å². The number of benzene rings is 2. The number of carbonyl (C=O) groups is 1. The van der Waals surface area contributed by atoms with Gasteiger partial charge in [-0.25, -0.2) is 0 Å². The van der Waals surface area contributed by atoms with Gasteiger partial charge in [0.05, 0.1) is 29.6 Å². The number of nitrogens with zero attached hydrogens (tertiary/aromatic N) is 2. The van der Waals surface area contributed by atoms with Crippen LogP contribution in [0.3, 0.4) is 0 Å². The van der Waals surface area contributed by atoms with E-state index in [1.54, 1.807) is 0 Å². The van der Waals surface area contributed by atoms with Gasteiger partial charge in [-0.15, -0.1) is 0 Å². The Hall–Kier alpha value is -3.77. The van der Waals surface area contributed by atoms with Crippen LogP contribution in [0, 0.1) is 5.41 Å². The number of likely N-dealkylation sites (N-methyl/N-ethyl adjacent to an activating group) is 1. The first kappa shape index (κ1) is 25.3. The van der Waals surface area contributed by atoms with Gasteiger partial charge in [0.15, 0.2) is 0 Å². The SMILES string of the molecule is C/C=C/C=C(\C=N)c1ccc(Cc2cc(C(=O)N(CC)C3CCCOC3)c(N)c3ccccc23)cn1. The minimum Gasteiger partial charge on any atom is -0.398 e. The van der Waals surface area contributed by atoms with E-state index in [-0.39, 0.29) is 11.9 Å². The number of ether oxygens (including phenoxy) is 1. The molecule has 6 nitrogen and oxygen atoms in total. The van der Waals surface area contributed by atoms with Gasteiger partial charge in [-0.2, -0.15) is 0 Å². The molecule has 1 saturated heterocycles. The van der Waals surface area contributed by atoms with Crippen LogP contribution in [0.2, 0.25) is 0 Å². The van der Waals surface area contributed by atoms with E-state index in [9.17, 15) is 4.79 Å². The zero-order chi connectivity index (χ0) is 25.5. The van der Waals surface area contributed by atoms with E-state index >= 15 is 0 Å². The monoisotopic (exact) mass is 482 g/mol. The molecule has 2 aromatic carbocycles. The van der Waals surface area contributed by atoms with Crippen molar-refractivity contribution in [3.05, 3.63) is 89.3 Å². The fraction of sp³-hybridized carbons (Fsp3) is 0.300. The van der Waals surface area contributed by atoms with Crippen molar-refractivity contribution in [1.29, 1.82) is 5.41 Å². The number of nitrogens with two attached hydrogens (primary N) is 1. The number of nitrogens with one attached hydrogen (secondary N) is 1. The summed E-state index contributed by atoms with van der Waals surface area (Å²) >= 11 is 0. The molecule has 0 saturated carbocycles. The quantitative estimate of drug-likeness (QED) is 0.246. The van der Waals surface area contributed by atoms with Crippen molar-refractivity contribution in [2.75, 3.05) is 25.5 Å². The van der Waals surface area contributed by atoms with Gasteiger partial charge < -0.3 is 20.8 Å². The molecule has 1 aliphatic heterocycles. The van der Waals surface area contributed by atoms with Gasteiger partial charge in [0, 0.05) is 36.5 Å². The fourth-order valence-electron chi connectivity index (χ4n) is 4.81. The van der Waals surface area contributed by atoms with E-state index in [1.165, 1.54) is 6.21 Å². The molecule has 3 aromatic rings. The molecular formula is C30H34N4O2. The maximum atomic E-state index is 13.7. The molecule has 3 N–H and O–H groups in total. The first-order valence-corrected chi connectivity index (χ1v) is 12.5. The van der Waals surface area contributed by atoms with Crippen molar-refractivity contribution < 1.29 is 9.53 Å². The van der Waals surface area contributed by atoms with Crippen molar-refractivity contribution in [3.8, 4) is 0 Å². The van der Waals surface area contributed by atoms with Gasteiger partial charge in [0.2, 0.25) is 0 Å². The summed E-state index contributed by atoms with van der Waals surface area (Å²) in [4.78, 5) is 20.2. The third-order valence-electron chi connectivity index (χ3n) is 6.72. The van der Waals surface area contributed by atoms with Gasteiger partial charge in [-0.1, -0.05) is 48.6 Å². The van der Waals surface area contributed by atoms with Crippen molar-refractivity contribution >= 4 is 34.2 Å². The molecule has 4 rings (SSSR count).